The van der Waals surface area contributed by atoms with Gasteiger partial charge in [-0.25, -0.2) is 0 Å². The summed E-state index contributed by atoms with van der Waals surface area (Å²) in [6.45, 7) is 5.02. The molecule has 58 valence electrons. The smallest absolute Gasteiger partial charge is 0.244 e. The van der Waals surface area contributed by atoms with Gasteiger partial charge in [0, 0.05) is 13.1 Å². The van der Waals surface area contributed by atoms with Gasteiger partial charge in [-0.3, -0.25) is 10.1 Å². The van der Waals surface area contributed by atoms with Gasteiger partial charge in [0.25, 0.3) is 0 Å². The van der Waals surface area contributed by atoms with E-state index in [-0.39, 0.29) is 5.91 Å². The predicted octanol–water partition coefficient (Wildman–Crippen LogP) is -1.21. The van der Waals surface area contributed by atoms with Gasteiger partial charge in [-0.1, -0.05) is 6.58 Å². The van der Waals surface area contributed by atoms with E-state index in [0.717, 1.165) is 0 Å². The summed E-state index contributed by atoms with van der Waals surface area (Å²) in [7, 11) is 0. The summed E-state index contributed by atoms with van der Waals surface area (Å²) in [6.07, 6.45) is 1.23. The van der Waals surface area contributed by atoms with E-state index in [1.165, 1.54) is 6.08 Å². The third-order valence-electron chi connectivity index (χ3n) is 0.894. The molecule has 0 aromatic carbocycles. The molecule has 0 radical (unpaired) electrons. The van der Waals surface area contributed by atoms with E-state index < -0.39 is 0 Å². The van der Waals surface area contributed by atoms with Crippen molar-refractivity contribution in [1.29, 1.82) is 0 Å². The topological polar surface area (TPSA) is 67.2 Å². The maximum atomic E-state index is 10.5. The van der Waals surface area contributed by atoms with Gasteiger partial charge in [-0.05, 0) is 6.08 Å². The van der Waals surface area contributed by atoms with Crippen LogP contribution in [-0.4, -0.2) is 25.7 Å². The molecule has 0 fully saturated rings. The summed E-state index contributed by atoms with van der Waals surface area (Å²) in [4.78, 5) is 10.5. The molecule has 0 spiro atoms. The molecule has 0 saturated heterocycles. The van der Waals surface area contributed by atoms with Crippen molar-refractivity contribution in [3.63, 3.8) is 0 Å². The van der Waals surface area contributed by atoms with E-state index in [1.807, 2.05) is 0 Å². The third-order valence-corrected chi connectivity index (χ3v) is 0.894. The molecule has 0 aliphatic carbocycles. The first-order valence-corrected chi connectivity index (χ1v) is 3.12. The lowest BCUT2D eigenvalue weighted by Crippen LogP contribution is -2.35. The molecule has 0 heterocycles. The van der Waals surface area contributed by atoms with Gasteiger partial charge in [-0.2, -0.15) is 0 Å². The number of carbonyl (C=O) groups is 1. The highest BCUT2D eigenvalue weighted by Crippen LogP contribution is 1.62. The Morgan fingerprint density at radius 2 is 2.40 bits per heavy atom. The Hall–Kier alpha value is -0.870. The lowest BCUT2D eigenvalue weighted by molar-refractivity contribution is -0.116. The fraction of sp³-hybridized carbons (Fsp3) is 0.500. The lowest BCUT2D eigenvalue weighted by Gasteiger charge is -2.01. The predicted molar refractivity (Wildman–Crippen MR) is 40.3 cm³/mol. The van der Waals surface area contributed by atoms with Gasteiger partial charge in [0.15, 0.2) is 0 Å². The van der Waals surface area contributed by atoms with Crippen LogP contribution in [0, 0.1) is 0 Å². The van der Waals surface area contributed by atoms with Crippen molar-refractivity contribution in [2.45, 2.75) is 0 Å². The molecule has 0 atom stereocenters. The monoisotopic (exact) mass is 143 g/mol. The first kappa shape index (κ1) is 9.13. The van der Waals surface area contributed by atoms with Crippen LogP contribution in [-0.2, 0) is 4.79 Å². The summed E-state index contributed by atoms with van der Waals surface area (Å²) in [6, 6.07) is 0. The van der Waals surface area contributed by atoms with Crippen LogP contribution in [0.4, 0.5) is 0 Å². The number of rotatable bonds is 5. The minimum Gasteiger partial charge on any atom is -0.340 e. The lowest BCUT2D eigenvalue weighted by atomic mass is 10.6. The Balaban J connectivity index is 3.03. The van der Waals surface area contributed by atoms with E-state index in [1.54, 1.807) is 0 Å². The first-order valence-electron chi connectivity index (χ1n) is 3.12. The molecule has 0 rings (SSSR count). The van der Waals surface area contributed by atoms with Crippen LogP contribution < -0.4 is 16.4 Å². The van der Waals surface area contributed by atoms with Gasteiger partial charge in [0.2, 0.25) is 5.91 Å². The van der Waals surface area contributed by atoms with Crippen molar-refractivity contribution in [2.24, 2.45) is 5.73 Å². The molecular weight excluding hydrogens is 130 g/mol. The molecule has 4 nitrogen and oxygen atoms in total. The SMILES string of the molecule is C=CC(=O)NCNCCN. The van der Waals surface area contributed by atoms with Crippen molar-refractivity contribution in [1.82, 2.24) is 10.6 Å². The highest BCUT2D eigenvalue weighted by molar-refractivity contribution is 5.86. The molecule has 0 bridgehead atoms. The van der Waals surface area contributed by atoms with Gasteiger partial charge in [0.1, 0.15) is 0 Å². The molecule has 0 saturated carbocycles. The number of hydrogen-bond acceptors (Lipinski definition) is 3. The summed E-state index contributed by atoms with van der Waals surface area (Å²) >= 11 is 0. The van der Waals surface area contributed by atoms with Crippen LogP contribution in [0.5, 0.6) is 0 Å². The fourth-order valence-corrected chi connectivity index (χ4v) is 0.412. The van der Waals surface area contributed by atoms with Crippen LogP contribution in [0.2, 0.25) is 0 Å². The number of nitrogens with one attached hydrogen (secondary N) is 2. The number of nitrogens with two attached hydrogens (primary N) is 1. The third kappa shape index (κ3) is 5.27. The molecule has 1 amide bonds. The molecule has 0 aliphatic heterocycles. The van der Waals surface area contributed by atoms with E-state index in [9.17, 15) is 4.79 Å². The number of hydrogen-bond donors (Lipinski definition) is 3. The fourth-order valence-electron chi connectivity index (χ4n) is 0.412. The molecule has 0 aliphatic rings. The Labute approximate surface area is 60.5 Å². The van der Waals surface area contributed by atoms with E-state index >= 15 is 0 Å². The maximum absolute atomic E-state index is 10.5. The zero-order chi connectivity index (χ0) is 7.82. The van der Waals surface area contributed by atoms with Crippen LogP contribution in [0.3, 0.4) is 0 Å². The van der Waals surface area contributed by atoms with Crippen molar-refractivity contribution in [2.75, 3.05) is 19.8 Å². The standard InChI is InChI=1S/C6H13N3O/c1-2-6(10)9-5-8-4-3-7/h2,8H,1,3-5,7H2,(H,9,10). The van der Waals surface area contributed by atoms with Crippen molar-refractivity contribution >= 4 is 5.91 Å². The molecule has 0 unspecified atom stereocenters. The van der Waals surface area contributed by atoms with Gasteiger partial charge in [0.05, 0.1) is 6.67 Å². The second kappa shape index (κ2) is 6.25. The number of carbonyl (C=O) groups excluding carboxylic acids is 1. The van der Waals surface area contributed by atoms with Crippen LogP contribution in [0.1, 0.15) is 0 Å². The Morgan fingerprint density at radius 3 is 2.90 bits per heavy atom. The van der Waals surface area contributed by atoms with E-state index in [4.69, 9.17) is 5.73 Å². The zero-order valence-corrected chi connectivity index (χ0v) is 5.89. The Kier molecular flexibility index (Phi) is 5.71. The average molecular weight is 143 g/mol. The molecule has 4 N–H and O–H groups in total. The average Bonchev–Trinajstić information content (AvgIpc) is 1.98. The quantitative estimate of drug-likeness (QED) is 0.257. The second-order valence-electron chi connectivity index (χ2n) is 1.71. The molecule has 4 heteroatoms. The molecule has 0 aromatic rings. The maximum Gasteiger partial charge on any atom is 0.244 e. The van der Waals surface area contributed by atoms with Crippen molar-refractivity contribution in [3.8, 4) is 0 Å². The van der Waals surface area contributed by atoms with E-state index in [2.05, 4.69) is 17.2 Å². The minimum absolute atomic E-state index is 0.176. The summed E-state index contributed by atoms with van der Waals surface area (Å²) in [5.41, 5.74) is 5.18. The zero-order valence-electron chi connectivity index (χ0n) is 5.89. The molecule has 0 aromatic heterocycles. The van der Waals surface area contributed by atoms with Crippen LogP contribution in [0.15, 0.2) is 12.7 Å². The highest BCUT2D eigenvalue weighted by Gasteiger charge is 1.88. The Bertz CT molecular complexity index is 114. The summed E-state index contributed by atoms with van der Waals surface area (Å²) in [5.74, 6) is -0.176. The summed E-state index contributed by atoms with van der Waals surface area (Å²) < 4.78 is 0. The van der Waals surface area contributed by atoms with Crippen LogP contribution >= 0.6 is 0 Å². The normalized spacial score (nSPS) is 8.90. The molecular formula is C6H13N3O. The van der Waals surface area contributed by atoms with E-state index in [0.29, 0.717) is 19.8 Å². The highest BCUT2D eigenvalue weighted by atomic mass is 16.1. The van der Waals surface area contributed by atoms with Crippen molar-refractivity contribution in [3.05, 3.63) is 12.7 Å². The van der Waals surface area contributed by atoms with Gasteiger partial charge in [-0.15, -0.1) is 0 Å². The van der Waals surface area contributed by atoms with Gasteiger partial charge < -0.3 is 11.1 Å². The minimum atomic E-state index is -0.176. The second-order valence-corrected chi connectivity index (χ2v) is 1.71. The first-order chi connectivity index (χ1) is 4.81. The Morgan fingerprint density at radius 1 is 1.70 bits per heavy atom. The largest absolute Gasteiger partial charge is 0.340 e. The summed E-state index contributed by atoms with van der Waals surface area (Å²) in [5, 5.41) is 5.44. The van der Waals surface area contributed by atoms with Gasteiger partial charge >= 0.3 is 0 Å². The number of amides is 1. The van der Waals surface area contributed by atoms with Crippen molar-refractivity contribution < 1.29 is 4.79 Å². The van der Waals surface area contributed by atoms with Crippen LogP contribution in [0.25, 0.3) is 0 Å². The molecule has 10 heavy (non-hydrogen) atoms.